The quantitative estimate of drug-likeness (QED) is 0.812. The summed E-state index contributed by atoms with van der Waals surface area (Å²) in [5.41, 5.74) is 4.02. The van der Waals surface area contributed by atoms with Gasteiger partial charge in [0.2, 0.25) is 0 Å². The minimum absolute atomic E-state index is 0.240. The minimum atomic E-state index is -0.240. The first-order valence-electron chi connectivity index (χ1n) is 8.12. The minimum Gasteiger partial charge on any atom is -0.370 e. The van der Waals surface area contributed by atoms with Crippen LogP contribution in [0.15, 0.2) is 59.4 Å². The number of fused-ring (bicyclic) bond motifs is 1. The van der Waals surface area contributed by atoms with Crippen LogP contribution in [0.25, 0.3) is 0 Å². The van der Waals surface area contributed by atoms with Gasteiger partial charge in [0, 0.05) is 18.8 Å². The molecule has 2 atom stereocenters. The number of nitrogens with one attached hydrogen (secondary N) is 1. The Kier molecular flexibility index (Phi) is 3.98. The number of rotatable bonds is 2. The van der Waals surface area contributed by atoms with Crippen molar-refractivity contribution in [2.45, 2.75) is 33.1 Å². The molecule has 3 heteroatoms. The average molecular weight is 300 g/mol. The van der Waals surface area contributed by atoms with Gasteiger partial charge in [0.1, 0.15) is 5.83 Å². The Bertz CT molecular complexity index is 597. The molecule has 2 nitrogen and oxygen atoms in total. The molecule has 22 heavy (non-hydrogen) atoms. The van der Waals surface area contributed by atoms with Gasteiger partial charge in [-0.25, -0.2) is 4.39 Å². The van der Waals surface area contributed by atoms with Crippen LogP contribution in [0, 0.1) is 11.8 Å². The summed E-state index contributed by atoms with van der Waals surface area (Å²) >= 11 is 0. The van der Waals surface area contributed by atoms with Crippen LogP contribution in [-0.4, -0.2) is 18.0 Å². The molecule has 118 valence electrons. The van der Waals surface area contributed by atoms with E-state index in [2.05, 4.69) is 23.4 Å². The monoisotopic (exact) mass is 300 g/mol. The van der Waals surface area contributed by atoms with E-state index in [4.69, 9.17) is 0 Å². The molecule has 0 aromatic carbocycles. The number of likely N-dealkylation sites (tertiary alicyclic amines) is 1. The second-order valence-corrected chi connectivity index (χ2v) is 6.81. The first-order chi connectivity index (χ1) is 10.5. The molecule has 1 aliphatic carbocycles. The Morgan fingerprint density at radius 3 is 2.50 bits per heavy atom. The van der Waals surface area contributed by atoms with Gasteiger partial charge in [-0.2, -0.15) is 0 Å². The molecule has 1 saturated heterocycles. The molecular weight excluding hydrogens is 275 g/mol. The van der Waals surface area contributed by atoms with Crippen molar-refractivity contribution in [3.63, 3.8) is 0 Å². The highest BCUT2D eigenvalue weighted by molar-refractivity contribution is 5.47. The van der Waals surface area contributed by atoms with Crippen molar-refractivity contribution >= 4 is 0 Å². The predicted molar refractivity (Wildman–Crippen MR) is 89.5 cm³/mol. The van der Waals surface area contributed by atoms with Crippen molar-refractivity contribution < 1.29 is 4.39 Å². The van der Waals surface area contributed by atoms with Gasteiger partial charge in [-0.1, -0.05) is 19.6 Å². The fourth-order valence-electron chi connectivity index (χ4n) is 3.76. The van der Waals surface area contributed by atoms with Gasteiger partial charge in [-0.15, -0.1) is 0 Å². The maximum absolute atomic E-state index is 14.1. The molecule has 2 unspecified atom stereocenters. The summed E-state index contributed by atoms with van der Waals surface area (Å²) in [5.74, 6) is 1.38. The Labute approximate surface area is 132 Å². The molecule has 1 saturated carbocycles. The Hall–Kier alpha value is -1.77. The zero-order chi connectivity index (χ0) is 15.9. The standard InChI is InChI=1S/C19H25FN2/c1-12-8-18(20)14(3)21-19(9-13(12)2)15(4)22-10-16-6-5-7-17(16)11-22/h8-9,16-17,21H,2,4-7,10-11H2,1,3H3/b12-8?,18-14+,19-9-. The van der Waals surface area contributed by atoms with Crippen LogP contribution in [0.1, 0.15) is 33.1 Å². The van der Waals surface area contributed by atoms with Gasteiger partial charge in [0.05, 0.1) is 11.4 Å². The topological polar surface area (TPSA) is 15.3 Å². The van der Waals surface area contributed by atoms with Gasteiger partial charge in [-0.05, 0) is 61.8 Å². The number of hydrogen-bond acceptors (Lipinski definition) is 2. The molecule has 2 fully saturated rings. The maximum atomic E-state index is 14.1. The molecule has 3 aliphatic rings. The smallest absolute Gasteiger partial charge is 0.142 e. The summed E-state index contributed by atoms with van der Waals surface area (Å²) in [6.07, 6.45) is 7.55. The molecule has 0 spiro atoms. The van der Waals surface area contributed by atoms with Crippen LogP contribution in [0.5, 0.6) is 0 Å². The molecule has 2 heterocycles. The van der Waals surface area contributed by atoms with E-state index in [0.29, 0.717) is 5.70 Å². The van der Waals surface area contributed by atoms with Crippen LogP contribution in [0.2, 0.25) is 0 Å². The van der Waals surface area contributed by atoms with E-state index in [1.165, 1.54) is 25.3 Å². The largest absolute Gasteiger partial charge is 0.370 e. The summed E-state index contributed by atoms with van der Waals surface area (Å²) in [7, 11) is 0. The fraction of sp³-hybridized carbons (Fsp3) is 0.474. The first kappa shape index (κ1) is 15.1. The highest BCUT2D eigenvalue weighted by Crippen LogP contribution is 2.39. The van der Waals surface area contributed by atoms with Crippen LogP contribution in [-0.2, 0) is 0 Å². The van der Waals surface area contributed by atoms with E-state index in [0.717, 1.165) is 47.5 Å². The predicted octanol–water partition coefficient (Wildman–Crippen LogP) is 4.42. The van der Waals surface area contributed by atoms with E-state index >= 15 is 0 Å². The van der Waals surface area contributed by atoms with Crippen LogP contribution in [0.4, 0.5) is 4.39 Å². The van der Waals surface area contributed by atoms with Crippen molar-refractivity contribution in [1.82, 2.24) is 10.2 Å². The van der Waals surface area contributed by atoms with Crippen LogP contribution >= 0.6 is 0 Å². The number of hydrogen-bond donors (Lipinski definition) is 1. The van der Waals surface area contributed by atoms with Crippen molar-refractivity contribution in [2.24, 2.45) is 11.8 Å². The molecule has 0 amide bonds. The third kappa shape index (κ3) is 2.77. The van der Waals surface area contributed by atoms with Crippen LogP contribution < -0.4 is 5.32 Å². The van der Waals surface area contributed by atoms with E-state index in [1.807, 2.05) is 13.0 Å². The molecule has 0 aromatic heterocycles. The zero-order valence-electron chi connectivity index (χ0n) is 13.6. The highest BCUT2D eigenvalue weighted by atomic mass is 19.1. The SMILES string of the molecule is C=C1/C=C(/C(=C)N2CC3CCCC3C2)N/C(C)=C(/F)C=C1C. The second kappa shape index (κ2) is 5.79. The summed E-state index contributed by atoms with van der Waals surface area (Å²) in [6.45, 7) is 14.1. The molecule has 1 N–H and O–H groups in total. The Morgan fingerprint density at radius 2 is 1.86 bits per heavy atom. The van der Waals surface area contributed by atoms with Gasteiger partial charge < -0.3 is 10.2 Å². The lowest BCUT2D eigenvalue weighted by Crippen LogP contribution is -2.27. The molecular formula is C19H25FN2. The van der Waals surface area contributed by atoms with Crippen molar-refractivity contribution in [3.05, 3.63) is 59.4 Å². The number of halogens is 1. The van der Waals surface area contributed by atoms with Crippen molar-refractivity contribution in [2.75, 3.05) is 13.1 Å². The van der Waals surface area contributed by atoms with Crippen molar-refractivity contribution in [1.29, 1.82) is 0 Å². The summed E-state index contributed by atoms with van der Waals surface area (Å²) < 4.78 is 14.1. The summed E-state index contributed by atoms with van der Waals surface area (Å²) in [5, 5.41) is 3.18. The van der Waals surface area contributed by atoms with Crippen molar-refractivity contribution in [3.8, 4) is 0 Å². The lowest BCUT2D eigenvalue weighted by atomic mass is 10.0. The van der Waals surface area contributed by atoms with E-state index in [1.54, 1.807) is 6.92 Å². The van der Waals surface area contributed by atoms with Gasteiger partial charge in [0.25, 0.3) is 0 Å². The normalized spacial score (nSPS) is 34.3. The molecule has 2 aliphatic heterocycles. The average Bonchev–Trinajstić information content (AvgIpc) is 3.05. The van der Waals surface area contributed by atoms with Gasteiger partial charge >= 0.3 is 0 Å². The number of nitrogens with zero attached hydrogens (tertiary/aromatic N) is 1. The van der Waals surface area contributed by atoms with E-state index < -0.39 is 0 Å². The summed E-state index contributed by atoms with van der Waals surface area (Å²) in [4.78, 5) is 2.35. The van der Waals surface area contributed by atoms with Gasteiger partial charge in [0.15, 0.2) is 0 Å². The number of allylic oxidation sites excluding steroid dienone is 6. The summed E-state index contributed by atoms with van der Waals surface area (Å²) in [6, 6.07) is 0. The lowest BCUT2D eigenvalue weighted by Gasteiger charge is -2.26. The maximum Gasteiger partial charge on any atom is 0.142 e. The third-order valence-corrected chi connectivity index (χ3v) is 5.27. The first-order valence-corrected chi connectivity index (χ1v) is 8.12. The highest BCUT2D eigenvalue weighted by Gasteiger charge is 2.37. The lowest BCUT2D eigenvalue weighted by molar-refractivity contribution is 0.391. The molecule has 0 bridgehead atoms. The fourth-order valence-corrected chi connectivity index (χ4v) is 3.76. The van der Waals surface area contributed by atoms with E-state index in [-0.39, 0.29) is 5.83 Å². The van der Waals surface area contributed by atoms with Crippen LogP contribution in [0.3, 0.4) is 0 Å². The molecule has 0 radical (unpaired) electrons. The Morgan fingerprint density at radius 1 is 1.23 bits per heavy atom. The van der Waals surface area contributed by atoms with Gasteiger partial charge in [-0.3, -0.25) is 0 Å². The second-order valence-electron chi connectivity index (χ2n) is 6.81. The van der Waals surface area contributed by atoms with E-state index in [9.17, 15) is 4.39 Å². The Balaban J connectivity index is 1.82. The molecule has 3 rings (SSSR count). The zero-order valence-corrected chi connectivity index (χ0v) is 13.6. The third-order valence-electron chi connectivity index (χ3n) is 5.27. The molecule has 0 aromatic rings.